The van der Waals surface area contributed by atoms with Gasteiger partial charge in [-0.2, -0.15) is 0 Å². The molecule has 0 bridgehead atoms. The highest BCUT2D eigenvalue weighted by atomic mass is 32.2. The van der Waals surface area contributed by atoms with Crippen LogP contribution in [0, 0.1) is 0 Å². The number of sulfone groups is 1. The van der Waals surface area contributed by atoms with Gasteiger partial charge in [0.25, 0.3) is 0 Å². The van der Waals surface area contributed by atoms with Gasteiger partial charge in [0, 0.05) is 31.0 Å². The second-order valence-electron chi connectivity index (χ2n) is 7.94. The third-order valence-corrected chi connectivity index (χ3v) is 8.39. The molecule has 0 radical (unpaired) electrons. The molecule has 1 aliphatic rings. The first-order valence-corrected chi connectivity index (χ1v) is 13.1. The maximum Gasteiger partial charge on any atom is 0.245 e. The van der Waals surface area contributed by atoms with Crippen LogP contribution in [0.25, 0.3) is 21.3 Å². The first kappa shape index (κ1) is 24.0. The van der Waals surface area contributed by atoms with E-state index >= 15 is 0 Å². The number of hydrogen-bond acceptors (Lipinski definition) is 9. The molecule has 1 fully saturated rings. The van der Waals surface area contributed by atoms with Gasteiger partial charge < -0.3 is 20.5 Å². The normalized spacial score (nSPS) is 14.6. The number of nitrogens with one attached hydrogen (secondary N) is 2. The minimum Gasteiger partial charge on any atom is -0.493 e. The third kappa shape index (κ3) is 5.69. The molecule has 1 aromatic carbocycles. The van der Waals surface area contributed by atoms with E-state index in [-0.39, 0.29) is 41.7 Å². The van der Waals surface area contributed by atoms with E-state index in [1.165, 1.54) is 19.4 Å². The lowest BCUT2D eigenvalue weighted by Crippen LogP contribution is -2.41. The number of carbonyl (C=O) groups is 2. The van der Waals surface area contributed by atoms with E-state index in [0.29, 0.717) is 10.2 Å². The number of thiazole rings is 1. The molecule has 180 valence electrons. The number of methoxy groups -OCH3 is 1. The zero-order valence-corrected chi connectivity index (χ0v) is 20.0. The molecule has 2 heterocycles. The SMILES string of the molecule is COCCS(=O)(=O)C(C(=O)NCC(=O)NC1CC1)c1nc2cc(-c3ccc(O)nc3)ccc2s1. The summed E-state index contributed by atoms with van der Waals surface area (Å²) in [4.78, 5) is 33.3. The summed E-state index contributed by atoms with van der Waals surface area (Å²) in [6, 6.07) is 8.69. The van der Waals surface area contributed by atoms with Crippen molar-refractivity contribution in [1.29, 1.82) is 0 Å². The van der Waals surface area contributed by atoms with Gasteiger partial charge in [-0.05, 0) is 36.6 Å². The van der Waals surface area contributed by atoms with Gasteiger partial charge in [-0.25, -0.2) is 18.4 Å². The number of aromatic hydroxyl groups is 1. The van der Waals surface area contributed by atoms with Crippen molar-refractivity contribution in [3.63, 3.8) is 0 Å². The highest BCUT2D eigenvalue weighted by molar-refractivity contribution is 7.92. The maximum absolute atomic E-state index is 13.1. The van der Waals surface area contributed by atoms with Gasteiger partial charge in [-0.3, -0.25) is 9.59 Å². The quantitative estimate of drug-likeness (QED) is 0.377. The molecular formula is C22H24N4O6S2. The van der Waals surface area contributed by atoms with Crippen molar-refractivity contribution in [2.24, 2.45) is 0 Å². The molecule has 3 aromatic rings. The Morgan fingerprint density at radius 2 is 2.00 bits per heavy atom. The average molecular weight is 505 g/mol. The van der Waals surface area contributed by atoms with Crippen LogP contribution in [0.15, 0.2) is 36.5 Å². The topological polar surface area (TPSA) is 148 Å². The van der Waals surface area contributed by atoms with Crippen molar-refractivity contribution in [2.75, 3.05) is 26.0 Å². The zero-order chi connectivity index (χ0) is 24.3. The molecule has 0 aliphatic heterocycles. The Balaban J connectivity index is 1.62. The molecule has 0 saturated heterocycles. The third-order valence-electron chi connectivity index (χ3n) is 5.24. The lowest BCUT2D eigenvalue weighted by Gasteiger charge is -2.15. The fraction of sp³-hybridized carbons (Fsp3) is 0.364. The Morgan fingerprint density at radius 1 is 1.24 bits per heavy atom. The molecule has 1 aliphatic carbocycles. The minimum atomic E-state index is -3.97. The van der Waals surface area contributed by atoms with Crippen molar-refractivity contribution in [3.05, 3.63) is 41.5 Å². The van der Waals surface area contributed by atoms with Crippen LogP contribution in [-0.2, 0) is 24.2 Å². The van der Waals surface area contributed by atoms with E-state index in [2.05, 4.69) is 20.6 Å². The number of aromatic nitrogens is 2. The van der Waals surface area contributed by atoms with E-state index in [0.717, 1.165) is 35.3 Å². The van der Waals surface area contributed by atoms with Crippen molar-refractivity contribution in [3.8, 4) is 17.0 Å². The summed E-state index contributed by atoms with van der Waals surface area (Å²) in [7, 11) is -2.59. The van der Waals surface area contributed by atoms with Crippen LogP contribution in [0.3, 0.4) is 0 Å². The van der Waals surface area contributed by atoms with Crippen LogP contribution in [-0.4, -0.2) is 67.4 Å². The van der Waals surface area contributed by atoms with Gasteiger partial charge in [-0.15, -0.1) is 11.3 Å². The Hall–Kier alpha value is -3.09. The number of pyridine rings is 1. The van der Waals surface area contributed by atoms with Gasteiger partial charge in [0.15, 0.2) is 15.1 Å². The summed E-state index contributed by atoms with van der Waals surface area (Å²) in [5.41, 5.74) is 2.05. The van der Waals surface area contributed by atoms with Gasteiger partial charge in [0.2, 0.25) is 17.7 Å². The molecule has 2 aromatic heterocycles. The molecule has 3 N–H and O–H groups in total. The van der Waals surface area contributed by atoms with Crippen molar-refractivity contribution < 1.29 is 27.9 Å². The van der Waals surface area contributed by atoms with Crippen LogP contribution >= 0.6 is 11.3 Å². The molecule has 1 saturated carbocycles. The number of rotatable bonds is 10. The van der Waals surface area contributed by atoms with Crippen LogP contribution in [0.2, 0.25) is 0 Å². The maximum atomic E-state index is 13.1. The van der Waals surface area contributed by atoms with Crippen molar-refractivity contribution in [1.82, 2.24) is 20.6 Å². The summed E-state index contributed by atoms with van der Waals surface area (Å²) >= 11 is 1.11. The zero-order valence-electron chi connectivity index (χ0n) is 18.4. The fourth-order valence-electron chi connectivity index (χ4n) is 3.31. The number of benzene rings is 1. The Kier molecular flexibility index (Phi) is 7.10. The molecule has 34 heavy (non-hydrogen) atoms. The Morgan fingerprint density at radius 3 is 2.68 bits per heavy atom. The van der Waals surface area contributed by atoms with E-state index in [1.807, 2.05) is 6.07 Å². The van der Waals surface area contributed by atoms with E-state index in [9.17, 15) is 23.1 Å². The van der Waals surface area contributed by atoms with E-state index < -0.39 is 21.0 Å². The minimum absolute atomic E-state index is 0.0722. The summed E-state index contributed by atoms with van der Waals surface area (Å²) < 4.78 is 31.7. The predicted octanol–water partition coefficient (Wildman–Crippen LogP) is 1.56. The van der Waals surface area contributed by atoms with Crippen LogP contribution in [0.5, 0.6) is 5.88 Å². The number of carbonyl (C=O) groups excluding carboxylic acids is 2. The van der Waals surface area contributed by atoms with Gasteiger partial charge >= 0.3 is 0 Å². The number of nitrogens with zero attached hydrogens (tertiary/aromatic N) is 2. The molecule has 2 amide bonds. The van der Waals surface area contributed by atoms with Crippen LogP contribution < -0.4 is 10.6 Å². The van der Waals surface area contributed by atoms with Gasteiger partial charge in [0.05, 0.1) is 29.1 Å². The number of hydrogen-bond donors (Lipinski definition) is 3. The number of fused-ring (bicyclic) bond motifs is 1. The smallest absolute Gasteiger partial charge is 0.245 e. The second-order valence-corrected chi connectivity index (χ2v) is 11.2. The summed E-state index contributed by atoms with van der Waals surface area (Å²) in [6.45, 7) is -0.383. The second kappa shape index (κ2) is 10.0. The molecule has 1 atom stereocenters. The lowest BCUT2D eigenvalue weighted by atomic mass is 10.1. The molecule has 0 spiro atoms. The first-order valence-electron chi connectivity index (χ1n) is 10.6. The standard InChI is InChI=1S/C22H24N4O6S2/c1-32-8-9-34(30,31)20(21(29)24-12-19(28)25-15-4-5-15)22-26-16-10-13(2-6-17(16)33-22)14-3-7-18(27)23-11-14/h2-3,6-7,10-11,15,20H,4-5,8-9,12H2,1H3,(H,23,27)(H,24,29)(H,25,28). The Labute approximate surface area is 200 Å². The monoisotopic (exact) mass is 504 g/mol. The number of ether oxygens (including phenoxy) is 1. The highest BCUT2D eigenvalue weighted by Gasteiger charge is 2.37. The van der Waals surface area contributed by atoms with Gasteiger partial charge in [0.1, 0.15) is 5.01 Å². The first-order chi connectivity index (χ1) is 16.3. The number of amides is 2. The molecule has 12 heteroatoms. The summed E-state index contributed by atoms with van der Waals surface area (Å²) in [5, 5.41) is 13.2. The van der Waals surface area contributed by atoms with E-state index in [1.54, 1.807) is 18.2 Å². The molecule has 1 unspecified atom stereocenters. The van der Waals surface area contributed by atoms with Crippen LogP contribution in [0.1, 0.15) is 23.1 Å². The van der Waals surface area contributed by atoms with E-state index in [4.69, 9.17) is 4.74 Å². The Bertz CT molecular complexity index is 1300. The molecule has 4 rings (SSSR count). The lowest BCUT2D eigenvalue weighted by molar-refractivity contribution is -0.126. The van der Waals surface area contributed by atoms with Crippen LogP contribution in [0.4, 0.5) is 0 Å². The van der Waals surface area contributed by atoms with Crippen molar-refractivity contribution >= 4 is 43.2 Å². The molecular weight excluding hydrogens is 480 g/mol. The molecule has 10 nitrogen and oxygen atoms in total. The summed E-state index contributed by atoms with van der Waals surface area (Å²) in [5.74, 6) is -1.62. The predicted molar refractivity (Wildman–Crippen MR) is 127 cm³/mol. The van der Waals surface area contributed by atoms with Crippen molar-refractivity contribution in [2.45, 2.75) is 24.1 Å². The highest BCUT2D eigenvalue weighted by Crippen LogP contribution is 2.34. The average Bonchev–Trinajstić information content (AvgIpc) is 3.52. The van der Waals surface area contributed by atoms with Gasteiger partial charge in [-0.1, -0.05) is 6.07 Å². The largest absolute Gasteiger partial charge is 0.493 e. The summed E-state index contributed by atoms with van der Waals surface area (Å²) in [6.07, 6.45) is 3.32. The fourth-order valence-corrected chi connectivity index (χ4v) is 6.22.